The van der Waals surface area contributed by atoms with Crippen molar-refractivity contribution in [3.05, 3.63) is 66.0 Å². The van der Waals surface area contributed by atoms with Crippen molar-refractivity contribution in [1.29, 1.82) is 0 Å². The summed E-state index contributed by atoms with van der Waals surface area (Å²) < 4.78 is 8.68. The van der Waals surface area contributed by atoms with Crippen LogP contribution in [-0.2, 0) is 11.3 Å². The number of hydrogen-bond donors (Lipinski definition) is 0. The smallest absolute Gasteiger partial charge is 0.358 e. The van der Waals surface area contributed by atoms with Gasteiger partial charge in [-0.05, 0) is 43.0 Å². The number of nitrogens with zero attached hydrogens (tertiary/aromatic N) is 5. The van der Waals surface area contributed by atoms with E-state index in [4.69, 9.17) is 4.74 Å². The summed E-state index contributed by atoms with van der Waals surface area (Å²) in [5.41, 5.74) is 4.11. The molecule has 7 nitrogen and oxygen atoms in total. The Morgan fingerprint density at radius 2 is 2.04 bits per heavy atom. The first-order valence-electron chi connectivity index (χ1n) is 9.58. The number of likely N-dealkylation sites (tertiary alicyclic amines) is 1. The predicted octanol–water partition coefficient (Wildman–Crippen LogP) is 3.00. The van der Waals surface area contributed by atoms with Gasteiger partial charge in [-0.3, -0.25) is 9.58 Å². The van der Waals surface area contributed by atoms with Crippen LogP contribution in [0.1, 0.15) is 40.5 Å². The number of aryl methyl sites for hydroxylation is 1. The molecule has 7 heteroatoms. The summed E-state index contributed by atoms with van der Waals surface area (Å²) in [5, 5.41) is 4.38. The van der Waals surface area contributed by atoms with Crippen molar-refractivity contribution in [2.75, 3.05) is 20.2 Å². The monoisotopic (exact) mass is 379 g/mol. The van der Waals surface area contributed by atoms with E-state index in [0.29, 0.717) is 11.7 Å². The van der Waals surface area contributed by atoms with Crippen LogP contribution in [0.5, 0.6) is 0 Å². The number of benzene rings is 1. The molecule has 28 heavy (non-hydrogen) atoms. The number of imidazole rings is 1. The highest BCUT2D eigenvalue weighted by atomic mass is 16.5. The van der Waals surface area contributed by atoms with Crippen LogP contribution in [0.15, 0.2) is 49.2 Å². The van der Waals surface area contributed by atoms with Crippen LogP contribution in [-0.4, -0.2) is 50.4 Å². The Hall–Kier alpha value is -2.93. The lowest BCUT2D eigenvalue weighted by Gasteiger charge is -2.32. The van der Waals surface area contributed by atoms with Crippen LogP contribution in [0, 0.1) is 6.92 Å². The number of hydrogen-bond acceptors (Lipinski definition) is 5. The third-order valence-corrected chi connectivity index (χ3v) is 5.38. The van der Waals surface area contributed by atoms with Crippen LogP contribution >= 0.6 is 0 Å². The Labute approximate surface area is 164 Å². The van der Waals surface area contributed by atoms with E-state index in [2.05, 4.69) is 40.1 Å². The van der Waals surface area contributed by atoms with Crippen molar-refractivity contribution < 1.29 is 9.53 Å². The lowest BCUT2D eigenvalue weighted by molar-refractivity contribution is 0.0592. The summed E-state index contributed by atoms with van der Waals surface area (Å²) in [6.45, 7) is 5.12. The van der Waals surface area contributed by atoms with Crippen molar-refractivity contribution >= 4 is 5.97 Å². The Morgan fingerprint density at radius 3 is 2.71 bits per heavy atom. The third-order valence-electron chi connectivity index (χ3n) is 5.38. The van der Waals surface area contributed by atoms with Gasteiger partial charge >= 0.3 is 5.97 Å². The number of carbonyl (C=O) groups is 1. The largest absolute Gasteiger partial charge is 0.464 e. The van der Waals surface area contributed by atoms with Crippen LogP contribution in [0.4, 0.5) is 0 Å². The van der Waals surface area contributed by atoms with Gasteiger partial charge < -0.3 is 9.30 Å². The molecule has 1 aliphatic heterocycles. The van der Waals surface area contributed by atoms with Crippen molar-refractivity contribution in [2.24, 2.45) is 0 Å². The van der Waals surface area contributed by atoms with Crippen molar-refractivity contribution in [1.82, 2.24) is 24.2 Å². The Kier molecular flexibility index (Phi) is 5.25. The van der Waals surface area contributed by atoms with Crippen molar-refractivity contribution in [3.8, 4) is 5.69 Å². The second-order valence-corrected chi connectivity index (χ2v) is 7.27. The fraction of sp³-hybridized carbons (Fsp3) is 0.381. The molecule has 1 fully saturated rings. The van der Waals surface area contributed by atoms with E-state index in [0.717, 1.165) is 32.5 Å². The highest BCUT2D eigenvalue weighted by Crippen LogP contribution is 2.24. The third kappa shape index (κ3) is 3.84. The second-order valence-electron chi connectivity index (χ2n) is 7.27. The van der Waals surface area contributed by atoms with Crippen LogP contribution < -0.4 is 0 Å². The summed E-state index contributed by atoms with van der Waals surface area (Å²) in [6.07, 6.45) is 9.51. The number of carbonyl (C=O) groups excluding carboxylic acids is 1. The second kappa shape index (κ2) is 7.98. The number of ether oxygens (including phenoxy) is 1. The molecule has 146 valence electrons. The minimum Gasteiger partial charge on any atom is -0.464 e. The van der Waals surface area contributed by atoms with E-state index in [9.17, 15) is 4.79 Å². The van der Waals surface area contributed by atoms with Gasteiger partial charge in [-0.25, -0.2) is 9.78 Å². The topological polar surface area (TPSA) is 65.2 Å². The maximum absolute atomic E-state index is 11.6. The summed E-state index contributed by atoms with van der Waals surface area (Å²) in [7, 11) is 1.38. The van der Waals surface area contributed by atoms with E-state index in [-0.39, 0.29) is 5.97 Å². The number of methoxy groups -OCH3 is 1. The molecule has 1 aromatic carbocycles. The van der Waals surface area contributed by atoms with E-state index in [1.165, 1.54) is 23.9 Å². The normalized spacial score (nSPS) is 15.6. The van der Waals surface area contributed by atoms with E-state index >= 15 is 0 Å². The summed E-state index contributed by atoms with van der Waals surface area (Å²) in [6, 6.07) is 8.68. The molecule has 3 aromatic rings. The van der Waals surface area contributed by atoms with Gasteiger partial charge in [-0.1, -0.05) is 12.1 Å². The van der Waals surface area contributed by atoms with Gasteiger partial charge in [-0.2, -0.15) is 5.10 Å². The quantitative estimate of drug-likeness (QED) is 0.638. The fourth-order valence-corrected chi connectivity index (χ4v) is 3.86. The summed E-state index contributed by atoms with van der Waals surface area (Å²) in [4.78, 5) is 18.2. The average molecular weight is 379 g/mol. The van der Waals surface area contributed by atoms with E-state index in [1.807, 2.05) is 28.0 Å². The zero-order chi connectivity index (χ0) is 19.5. The van der Waals surface area contributed by atoms with Crippen LogP contribution in [0.2, 0.25) is 0 Å². The average Bonchev–Trinajstić information content (AvgIpc) is 3.40. The number of rotatable bonds is 5. The molecule has 2 aromatic heterocycles. The molecule has 1 saturated heterocycles. The van der Waals surface area contributed by atoms with E-state index < -0.39 is 0 Å². The number of piperidine rings is 1. The fourth-order valence-electron chi connectivity index (χ4n) is 3.86. The van der Waals surface area contributed by atoms with Gasteiger partial charge in [0.15, 0.2) is 5.69 Å². The molecule has 1 aliphatic rings. The maximum Gasteiger partial charge on any atom is 0.358 e. The van der Waals surface area contributed by atoms with Gasteiger partial charge in [0, 0.05) is 43.9 Å². The predicted molar refractivity (Wildman–Crippen MR) is 105 cm³/mol. The Morgan fingerprint density at radius 1 is 1.21 bits per heavy atom. The highest BCUT2D eigenvalue weighted by molar-refractivity contribution is 5.86. The lowest BCUT2D eigenvalue weighted by Crippen LogP contribution is -2.34. The van der Waals surface area contributed by atoms with Gasteiger partial charge in [0.25, 0.3) is 0 Å². The molecule has 0 radical (unpaired) electrons. The molecular formula is C21H25N5O2. The van der Waals surface area contributed by atoms with Gasteiger partial charge in [0.05, 0.1) is 19.5 Å². The highest BCUT2D eigenvalue weighted by Gasteiger charge is 2.22. The van der Waals surface area contributed by atoms with Gasteiger partial charge in [-0.15, -0.1) is 0 Å². The molecule has 0 bridgehead atoms. The summed E-state index contributed by atoms with van der Waals surface area (Å²) in [5.74, 6) is -0.384. The van der Waals surface area contributed by atoms with Gasteiger partial charge in [0.1, 0.15) is 0 Å². The molecular weight excluding hydrogens is 354 g/mol. The Balaban J connectivity index is 1.35. The minimum absolute atomic E-state index is 0.333. The molecule has 0 atom stereocenters. The molecule has 0 N–H and O–H groups in total. The molecule has 3 heterocycles. The molecule has 4 rings (SSSR count). The Bertz CT molecular complexity index is 940. The van der Waals surface area contributed by atoms with Crippen molar-refractivity contribution in [3.63, 3.8) is 0 Å². The van der Waals surface area contributed by atoms with Crippen LogP contribution in [0.25, 0.3) is 5.69 Å². The maximum atomic E-state index is 11.6. The van der Waals surface area contributed by atoms with Crippen LogP contribution in [0.3, 0.4) is 0 Å². The zero-order valence-corrected chi connectivity index (χ0v) is 16.3. The standard InChI is InChI=1S/C21H25N5O2/c1-16-13-17(3-4-20(16)25-12-8-22-15-25)14-24-9-5-18(6-10-24)26-11-7-19(23-26)21(27)28-2/h3-4,7-8,11-13,15,18H,5-6,9-10,14H2,1-2H3. The van der Waals surface area contributed by atoms with Gasteiger partial charge in [0.2, 0.25) is 0 Å². The first-order chi connectivity index (χ1) is 13.6. The first kappa shape index (κ1) is 18.4. The SMILES string of the molecule is COC(=O)c1ccn(C2CCN(Cc3ccc(-n4ccnc4)c(C)c3)CC2)n1. The first-order valence-corrected chi connectivity index (χ1v) is 9.58. The number of aromatic nitrogens is 4. The minimum atomic E-state index is -0.384. The number of esters is 1. The lowest BCUT2D eigenvalue weighted by atomic mass is 10.0. The zero-order valence-electron chi connectivity index (χ0n) is 16.3. The molecule has 0 amide bonds. The van der Waals surface area contributed by atoms with Crippen molar-refractivity contribution in [2.45, 2.75) is 32.4 Å². The molecule has 0 aliphatic carbocycles. The molecule has 0 saturated carbocycles. The van der Waals surface area contributed by atoms with E-state index in [1.54, 1.807) is 12.3 Å². The molecule has 0 unspecified atom stereocenters. The summed E-state index contributed by atoms with van der Waals surface area (Å²) >= 11 is 0. The molecule has 0 spiro atoms.